The van der Waals surface area contributed by atoms with Crippen LogP contribution in [0.3, 0.4) is 0 Å². The molecule has 2 N–H and O–H groups in total. The molecule has 1 atom stereocenters. The molecule has 1 saturated heterocycles. The molecule has 1 aromatic carbocycles. The van der Waals surface area contributed by atoms with Gasteiger partial charge in [0, 0.05) is 39.3 Å². The van der Waals surface area contributed by atoms with Gasteiger partial charge in [-0.25, -0.2) is 0 Å². The molecule has 1 unspecified atom stereocenters. The summed E-state index contributed by atoms with van der Waals surface area (Å²) in [4.78, 5) is 4.28. The maximum Gasteiger partial charge on any atom is 0.191 e. The summed E-state index contributed by atoms with van der Waals surface area (Å²) in [5, 5.41) is 6.69. The molecule has 0 saturated carbocycles. The largest absolute Gasteiger partial charge is 0.381 e. The topological polar surface area (TPSA) is 64.1 Å². The zero-order valence-corrected chi connectivity index (χ0v) is 17.0. The van der Waals surface area contributed by atoms with Crippen molar-refractivity contribution in [2.75, 3.05) is 40.0 Å². The lowest BCUT2D eigenvalue weighted by Crippen LogP contribution is -2.37. The van der Waals surface area contributed by atoms with E-state index in [0.29, 0.717) is 12.5 Å². The van der Waals surface area contributed by atoms with Gasteiger partial charge in [-0.15, -0.1) is 0 Å². The molecule has 1 fully saturated rings. The standard InChI is InChI=1S/C21H35N3O3/c1-17(2)27-16-19-7-4-6-18(12-19)13-24-21(22-3)23-9-5-10-25-14-20-8-11-26-15-20/h4,6-7,12,17,20H,5,8-11,13-16H2,1-3H3,(H2,22,23,24). The monoisotopic (exact) mass is 377 g/mol. The Bertz CT molecular complexity index is 557. The molecule has 6 nitrogen and oxygen atoms in total. The second kappa shape index (κ2) is 12.7. The van der Waals surface area contributed by atoms with Crippen LogP contribution in [-0.2, 0) is 27.4 Å². The average molecular weight is 378 g/mol. The zero-order chi connectivity index (χ0) is 19.3. The van der Waals surface area contributed by atoms with Gasteiger partial charge in [-0.2, -0.15) is 0 Å². The molecular weight excluding hydrogens is 342 g/mol. The smallest absolute Gasteiger partial charge is 0.191 e. The summed E-state index contributed by atoms with van der Waals surface area (Å²) in [6, 6.07) is 8.44. The Morgan fingerprint density at radius 3 is 2.89 bits per heavy atom. The van der Waals surface area contributed by atoms with Crippen LogP contribution in [0.1, 0.15) is 37.8 Å². The molecule has 0 amide bonds. The predicted molar refractivity (Wildman–Crippen MR) is 109 cm³/mol. The highest BCUT2D eigenvalue weighted by Gasteiger charge is 2.15. The lowest BCUT2D eigenvalue weighted by molar-refractivity contribution is 0.0657. The number of aliphatic imine (C=N–C) groups is 1. The highest BCUT2D eigenvalue weighted by atomic mass is 16.5. The van der Waals surface area contributed by atoms with Crippen LogP contribution in [0.25, 0.3) is 0 Å². The molecule has 1 aromatic rings. The van der Waals surface area contributed by atoms with Crippen LogP contribution in [0, 0.1) is 5.92 Å². The number of hydrogen-bond acceptors (Lipinski definition) is 4. The van der Waals surface area contributed by atoms with Crippen LogP contribution in [0.15, 0.2) is 29.3 Å². The number of rotatable bonds is 11. The van der Waals surface area contributed by atoms with Crippen molar-refractivity contribution in [2.24, 2.45) is 10.9 Å². The molecule has 0 bridgehead atoms. The summed E-state index contributed by atoms with van der Waals surface area (Å²) in [5.74, 6) is 1.39. The van der Waals surface area contributed by atoms with E-state index in [2.05, 4.69) is 53.7 Å². The van der Waals surface area contributed by atoms with E-state index in [1.165, 1.54) is 11.1 Å². The molecule has 0 aliphatic carbocycles. The number of guanidine groups is 1. The number of nitrogens with one attached hydrogen (secondary N) is 2. The van der Waals surface area contributed by atoms with Crippen LogP contribution >= 0.6 is 0 Å². The van der Waals surface area contributed by atoms with E-state index in [1.807, 2.05) is 0 Å². The van der Waals surface area contributed by atoms with Crippen LogP contribution in [0.4, 0.5) is 0 Å². The molecule has 0 aromatic heterocycles. The van der Waals surface area contributed by atoms with Crippen molar-refractivity contribution < 1.29 is 14.2 Å². The fraction of sp³-hybridized carbons (Fsp3) is 0.667. The lowest BCUT2D eigenvalue weighted by atomic mass is 10.1. The predicted octanol–water partition coefficient (Wildman–Crippen LogP) is 2.72. The summed E-state index contributed by atoms with van der Waals surface area (Å²) in [7, 11) is 1.79. The van der Waals surface area contributed by atoms with Gasteiger partial charge in [-0.3, -0.25) is 4.99 Å². The summed E-state index contributed by atoms with van der Waals surface area (Å²) < 4.78 is 16.7. The molecule has 1 aliphatic heterocycles. The van der Waals surface area contributed by atoms with Crippen LogP contribution in [-0.4, -0.2) is 52.1 Å². The summed E-state index contributed by atoms with van der Waals surface area (Å²) in [6.45, 7) is 9.61. The van der Waals surface area contributed by atoms with Gasteiger partial charge in [-0.05, 0) is 37.8 Å². The molecule has 2 rings (SSSR count). The maximum atomic E-state index is 5.72. The van der Waals surface area contributed by atoms with Crippen molar-refractivity contribution in [3.05, 3.63) is 35.4 Å². The van der Waals surface area contributed by atoms with E-state index in [4.69, 9.17) is 14.2 Å². The van der Waals surface area contributed by atoms with Crippen molar-refractivity contribution in [3.63, 3.8) is 0 Å². The van der Waals surface area contributed by atoms with E-state index >= 15 is 0 Å². The van der Waals surface area contributed by atoms with Crippen molar-refractivity contribution in [3.8, 4) is 0 Å². The fourth-order valence-electron chi connectivity index (χ4n) is 2.84. The first kappa shape index (κ1) is 21.7. The lowest BCUT2D eigenvalue weighted by Gasteiger charge is -2.13. The quantitative estimate of drug-likeness (QED) is 0.353. The molecule has 152 valence electrons. The minimum atomic E-state index is 0.241. The van der Waals surface area contributed by atoms with Crippen LogP contribution in [0.5, 0.6) is 0 Å². The van der Waals surface area contributed by atoms with Crippen LogP contribution < -0.4 is 10.6 Å². The van der Waals surface area contributed by atoms with Crippen molar-refractivity contribution in [2.45, 2.75) is 45.9 Å². The van der Waals surface area contributed by atoms with Gasteiger partial charge in [0.05, 0.1) is 25.9 Å². The molecule has 0 radical (unpaired) electrons. The minimum Gasteiger partial charge on any atom is -0.381 e. The first-order valence-electron chi connectivity index (χ1n) is 9.96. The Balaban J connectivity index is 1.60. The normalized spacial score (nSPS) is 17.5. The average Bonchev–Trinajstić information content (AvgIpc) is 3.19. The molecule has 0 spiro atoms. The number of nitrogens with zero attached hydrogens (tertiary/aromatic N) is 1. The van der Waals surface area contributed by atoms with E-state index in [1.54, 1.807) is 7.05 Å². The Labute approximate surface area is 163 Å². The van der Waals surface area contributed by atoms with Gasteiger partial charge in [0.2, 0.25) is 0 Å². The Hall–Kier alpha value is -1.63. The zero-order valence-electron chi connectivity index (χ0n) is 17.0. The second-order valence-electron chi connectivity index (χ2n) is 7.19. The molecule has 1 aliphatic rings. The van der Waals surface area contributed by atoms with Gasteiger partial charge in [0.25, 0.3) is 0 Å². The molecule has 6 heteroatoms. The number of benzene rings is 1. The summed E-state index contributed by atoms with van der Waals surface area (Å²) >= 11 is 0. The van der Waals surface area contributed by atoms with E-state index in [9.17, 15) is 0 Å². The van der Waals surface area contributed by atoms with Gasteiger partial charge >= 0.3 is 0 Å². The summed E-state index contributed by atoms with van der Waals surface area (Å²) in [5.41, 5.74) is 2.40. The van der Waals surface area contributed by atoms with Gasteiger partial charge in [0.15, 0.2) is 5.96 Å². The van der Waals surface area contributed by atoms with Crippen molar-refractivity contribution >= 4 is 5.96 Å². The molecule has 27 heavy (non-hydrogen) atoms. The van der Waals surface area contributed by atoms with Crippen LogP contribution in [0.2, 0.25) is 0 Å². The third-order valence-electron chi connectivity index (χ3n) is 4.39. The maximum absolute atomic E-state index is 5.72. The van der Waals surface area contributed by atoms with Gasteiger partial charge in [0.1, 0.15) is 0 Å². The van der Waals surface area contributed by atoms with Crippen molar-refractivity contribution in [1.29, 1.82) is 0 Å². The minimum absolute atomic E-state index is 0.241. The fourth-order valence-corrected chi connectivity index (χ4v) is 2.84. The highest BCUT2D eigenvalue weighted by molar-refractivity contribution is 5.79. The Morgan fingerprint density at radius 2 is 2.15 bits per heavy atom. The van der Waals surface area contributed by atoms with Crippen molar-refractivity contribution in [1.82, 2.24) is 10.6 Å². The van der Waals surface area contributed by atoms with E-state index in [0.717, 1.165) is 58.3 Å². The van der Waals surface area contributed by atoms with Gasteiger partial charge < -0.3 is 24.8 Å². The van der Waals surface area contributed by atoms with E-state index < -0.39 is 0 Å². The first-order valence-corrected chi connectivity index (χ1v) is 9.96. The first-order chi connectivity index (χ1) is 13.2. The number of hydrogen-bond donors (Lipinski definition) is 2. The third kappa shape index (κ3) is 9.22. The third-order valence-corrected chi connectivity index (χ3v) is 4.39. The van der Waals surface area contributed by atoms with Gasteiger partial charge in [-0.1, -0.05) is 24.3 Å². The number of ether oxygens (including phenoxy) is 3. The second-order valence-corrected chi connectivity index (χ2v) is 7.19. The molecular formula is C21H35N3O3. The van der Waals surface area contributed by atoms with E-state index in [-0.39, 0.29) is 6.10 Å². The Morgan fingerprint density at radius 1 is 1.30 bits per heavy atom. The summed E-state index contributed by atoms with van der Waals surface area (Å²) in [6.07, 6.45) is 2.32. The SMILES string of the molecule is CN=C(NCCCOCC1CCOC1)NCc1cccc(COC(C)C)c1. The Kier molecular flexibility index (Phi) is 10.2. The molecule has 1 heterocycles. The highest BCUT2D eigenvalue weighted by Crippen LogP contribution is 2.12.